The number of hydrogen-bond donors (Lipinski definition) is 3. The first-order valence-corrected chi connectivity index (χ1v) is 12.8. The maximum Gasteiger partial charge on any atom is 0.227 e. The Hall–Kier alpha value is -2.65. The number of aliphatic hydroxyl groups is 1. The van der Waals surface area contributed by atoms with Gasteiger partial charge in [0.05, 0.1) is 19.1 Å². The molecule has 9 heteroatoms. The van der Waals surface area contributed by atoms with Gasteiger partial charge in [0.2, 0.25) is 11.8 Å². The summed E-state index contributed by atoms with van der Waals surface area (Å²) >= 11 is 5.92. The Bertz CT molecular complexity index is 1090. The lowest BCUT2D eigenvalue weighted by Gasteiger charge is -2.37. The molecule has 0 aliphatic carbocycles. The van der Waals surface area contributed by atoms with Crippen molar-refractivity contribution in [2.45, 2.75) is 56.5 Å². The number of benzene rings is 2. The topological polar surface area (TPSA) is 106 Å². The van der Waals surface area contributed by atoms with Gasteiger partial charge in [0.1, 0.15) is 18.0 Å². The number of hydrogen-bond acceptors (Lipinski definition) is 6. The van der Waals surface area contributed by atoms with Gasteiger partial charge in [-0.15, -0.1) is 0 Å². The fraction of sp³-hybridized carbons (Fsp3) is 0.481. The van der Waals surface area contributed by atoms with Gasteiger partial charge >= 0.3 is 0 Å². The molecule has 0 unspecified atom stereocenters. The summed E-state index contributed by atoms with van der Waals surface area (Å²) in [4.78, 5) is 25.3. The summed E-state index contributed by atoms with van der Waals surface area (Å²) in [5.41, 5.74) is 2.65. The predicted molar refractivity (Wildman–Crippen MR) is 134 cm³/mol. The number of carbonyl (C=O) groups is 2. The first kappa shape index (κ1) is 25.0. The van der Waals surface area contributed by atoms with E-state index in [-0.39, 0.29) is 48.9 Å². The quantitative estimate of drug-likeness (QED) is 0.523. The molecule has 4 atom stereocenters. The molecule has 2 aromatic carbocycles. The van der Waals surface area contributed by atoms with Crippen LogP contribution in [0, 0.1) is 5.92 Å². The highest BCUT2D eigenvalue weighted by atomic mass is 35.5. The second kappa shape index (κ2) is 11.2. The van der Waals surface area contributed by atoms with Crippen LogP contribution in [0.2, 0.25) is 5.02 Å². The van der Waals surface area contributed by atoms with Crippen LogP contribution in [0.5, 0.6) is 5.75 Å². The number of halogens is 1. The van der Waals surface area contributed by atoms with Crippen molar-refractivity contribution in [3.8, 4) is 5.75 Å². The second-order valence-electron chi connectivity index (χ2n) is 9.64. The number of carbonyl (C=O) groups excluding carboxylic acids is 2. The molecule has 2 aromatic rings. The summed E-state index contributed by atoms with van der Waals surface area (Å²) in [6.45, 7) is 1.42. The van der Waals surface area contributed by atoms with Crippen LogP contribution in [0.25, 0.3) is 0 Å². The third-order valence-electron chi connectivity index (χ3n) is 7.17. The van der Waals surface area contributed by atoms with Gasteiger partial charge in [-0.05, 0) is 55.2 Å². The molecule has 3 heterocycles. The fourth-order valence-electron chi connectivity index (χ4n) is 5.25. The minimum absolute atomic E-state index is 0.00385. The summed E-state index contributed by atoms with van der Waals surface area (Å²) < 4.78 is 17.5. The van der Waals surface area contributed by atoms with E-state index in [1.807, 2.05) is 30.3 Å². The Morgan fingerprint density at radius 3 is 2.61 bits per heavy atom. The van der Waals surface area contributed by atoms with Crippen molar-refractivity contribution < 1.29 is 28.9 Å². The highest BCUT2D eigenvalue weighted by Crippen LogP contribution is 2.47. The van der Waals surface area contributed by atoms with Crippen LogP contribution in [0.15, 0.2) is 42.5 Å². The van der Waals surface area contributed by atoms with E-state index >= 15 is 0 Å². The standard InChI is InChI=1S/C27H31ClN2O6/c28-18-3-1-16(2-4-18)14-29-25(32)13-20-12-22-21-11-19(30-27(33)17-7-9-34-10-8-17)5-6-23(21)36-26(22)24(15-31)35-20/h1-6,11,17,20,22,24,26,31H,7-10,12-15H2,(H,29,32)(H,30,33)/t20-,22-,24-,26+/m1/s1. The van der Waals surface area contributed by atoms with Crippen LogP contribution < -0.4 is 15.4 Å². The molecule has 0 saturated carbocycles. The van der Waals surface area contributed by atoms with Gasteiger partial charge in [0.25, 0.3) is 0 Å². The summed E-state index contributed by atoms with van der Waals surface area (Å²) in [6.07, 6.45) is 0.987. The van der Waals surface area contributed by atoms with Crippen molar-refractivity contribution in [1.29, 1.82) is 0 Å². The van der Waals surface area contributed by atoms with E-state index in [1.165, 1.54) is 0 Å². The molecular weight excluding hydrogens is 484 g/mol. The van der Waals surface area contributed by atoms with E-state index in [2.05, 4.69) is 10.6 Å². The highest BCUT2D eigenvalue weighted by molar-refractivity contribution is 6.30. The van der Waals surface area contributed by atoms with Crippen LogP contribution in [0.1, 0.15) is 42.7 Å². The third kappa shape index (κ3) is 5.67. The van der Waals surface area contributed by atoms with E-state index in [0.717, 1.165) is 35.4 Å². The molecular formula is C27H31ClN2O6. The van der Waals surface area contributed by atoms with Crippen molar-refractivity contribution in [3.63, 3.8) is 0 Å². The Labute approximate surface area is 215 Å². The third-order valence-corrected chi connectivity index (χ3v) is 7.43. The zero-order valence-corrected chi connectivity index (χ0v) is 20.7. The molecule has 3 N–H and O–H groups in total. The average Bonchev–Trinajstić information content (AvgIpc) is 3.26. The molecule has 0 aromatic heterocycles. The molecule has 8 nitrogen and oxygen atoms in total. The van der Waals surface area contributed by atoms with E-state index in [4.69, 9.17) is 25.8 Å². The van der Waals surface area contributed by atoms with Gasteiger partial charge in [0, 0.05) is 47.9 Å². The number of ether oxygens (including phenoxy) is 3. The van der Waals surface area contributed by atoms with Gasteiger partial charge in [-0.2, -0.15) is 0 Å². The van der Waals surface area contributed by atoms with Crippen molar-refractivity contribution in [1.82, 2.24) is 5.32 Å². The lowest BCUT2D eigenvalue weighted by atomic mass is 9.84. The summed E-state index contributed by atoms with van der Waals surface area (Å²) in [5, 5.41) is 16.6. The van der Waals surface area contributed by atoms with E-state index in [1.54, 1.807) is 12.1 Å². The summed E-state index contributed by atoms with van der Waals surface area (Å²) in [6, 6.07) is 13.0. The minimum atomic E-state index is -0.537. The monoisotopic (exact) mass is 514 g/mol. The second-order valence-corrected chi connectivity index (χ2v) is 10.1. The number of anilines is 1. The van der Waals surface area contributed by atoms with Gasteiger partial charge < -0.3 is 30.0 Å². The maximum atomic E-state index is 12.7. The molecule has 3 aliphatic rings. The molecule has 5 rings (SSSR count). The van der Waals surface area contributed by atoms with Crippen LogP contribution in [-0.4, -0.2) is 55.1 Å². The molecule has 2 saturated heterocycles. The highest BCUT2D eigenvalue weighted by Gasteiger charge is 2.46. The van der Waals surface area contributed by atoms with Gasteiger partial charge in [-0.1, -0.05) is 23.7 Å². The van der Waals surface area contributed by atoms with Crippen LogP contribution >= 0.6 is 11.6 Å². The molecule has 0 bridgehead atoms. The molecule has 2 amide bonds. The SMILES string of the molecule is O=C(C[C@H]1C[C@@H]2c3cc(NC(=O)C4CCOCC4)ccc3O[C@@H]2[C@@H](CO)O1)NCc1ccc(Cl)cc1. The zero-order chi connectivity index (χ0) is 25.1. The molecule has 0 radical (unpaired) electrons. The molecule has 192 valence electrons. The van der Waals surface area contributed by atoms with Crippen LogP contribution in [-0.2, 0) is 25.6 Å². The number of amides is 2. The molecule has 2 fully saturated rings. The number of fused-ring (bicyclic) bond motifs is 3. The molecule has 3 aliphatic heterocycles. The first-order valence-electron chi connectivity index (χ1n) is 12.5. The van der Waals surface area contributed by atoms with Gasteiger partial charge in [-0.3, -0.25) is 9.59 Å². The smallest absolute Gasteiger partial charge is 0.227 e. The Morgan fingerprint density at radius 1 is 1.08 bits per heavy atom. The van der Waals surface area contributed by atoms with E-state index in [0.29, 0.717) is 31.2 Å². The zero-order valence-electron chi connectivity index (χ0n) is 20.0. The number of aliphatic hydroxyl groups excluding tert-OH is 1. The first-order chi connectivity index (χ1) is 17.5. The van der Waals surface area contributed by atoms with Crippen LogP contribution in [0.4, 0.5) is 5.69 Å². The number of rotatable bonds is 7. The Morgan fingerprint density at radius 2 is 1.86 bits per heavy atom. The lowest BCUT2D eigenvalue weighted by Crippen LogP contribution is -2.47. The molecule has 0 spiro atoms. The van der Waals surface area contributed by atoms with Crippen molar-refractivity contribution in [2.75, 3.05) is 25.1 Å². The van der Waals surface area contributed by atoms with Gasteiger partial charge in [0.15, 0.2) is 0 Å². The van der Waals surface area contributed by atoms with Crippen molar-refractivity contribution >= 4 is 29.1 Å². The lowest BCUT2D eigenvalue weighted by molar-refractivity contribution is -0.142. The summed E-state index contributed by atoms with van der Waals surface area (Å²) in [7, 11) is 0. The van der Waals surface area contributed by atoms with E-state index < -0.39 is 6.10 Å². The van der Waals surface area contributed by atoms with Crippen molar-refractivity contribution in [3.05, 3.63) is 58.6 Å². The van der Waals surface area contributed by atoms with E-state index in [9.17, 15) is 14.7 Å². The largest absolute Gasteiger partial charge is 0.487 e. The average molecular weight is 515 g/mol. The van der Waals surface area contributed by atoms with Crippen molar-refractivity contribution in [2.24, 2.45) is 5.92 Å². The fourth-order valence-corrected chi connectivity index (χ4v) is 5.38. The van der Waals surface area contributed by atoms with Crippen LogP contribution in [0.3, 0.4) is 0 Å². The normalized spacial score (nSPS) is 25.4. The predicted octanol–water partition coefficient (Wildman–Crippen LogP) is 3.41. The molecule has 36 heavy (non-hydrogen) atoms. The van der Waals surface area contributed by atoms with Gasteiger partial charge in [-0.25, -0.2) is 0 Å². The summed E-state index contributed by atoms with van der Waals surface area (Å²) in [5.74, 6) is 0.517. The Balaban J connectivity index is 1.23. The minimum Gasteiger partial charge on any atom is -0.487 e. The number of nitrogens with one attached hydrogen (secondary N) is 2. The maximum absolute atomic E-state index is 12.7. The Kier molecular flexibility index (Phi) is 7.76.